The fourth-order valence-electron chi connectivity index (χ4n) is 3.94. The number of hydrogen-bond acceptors (Lipinski definition) is 7. The number of nitrogens with zero attached hydrogens (tertiary/aromatic N) is 3. The maximum Gasteiger partial charge on any atom is 0.282 e. The quantitative estimate of drug-likeness (QED) is 0.0784. The van der Waals surface area contributed by atoms with Crippen LogP contribution in [-0.4, -0.2) is 51.6 Å². The Labute approximate surface area is 240 Å². The SMILES string of the molecule is COc1ccc(C(=O)[C@@H](C)N(C(=O)c2ccc([N+](=O)[O-])cc2)N2C(=O)c3c(Cl)c(Cl)c(Cl)c(Cl)c3C2=O)cc1. The summed E-state index contributed by atoms with van der Waals surface area (Å²) >= 11 is 24.7. The molecule has 14 heteroatoms. The number of carbonyl (C=O) groups is 4. The first kappa shape index (κ1) is 28.3. The molecule has 0 aliphatic carbocycles. The van der Waals surface area contributed by atoms with Gasteiger partial charge in [0.15, 0.2) is 5.78 Å². The summed E-state index contributed by atoms with van der Waals surface area (Å²) in [7, 11) is 1.45. The van der Waals surface area contributed by atoms with E-state index in [1.54, 1.807) is 0 Å². The Morgan fingerprint density at radius 1 is 0.846 bits per heavy atom. The average Bonchev–Trinajstić information content (AvgIpc) is 3.20. The molecular weight excluding hydrogens is 596 g/mol. The van der Waals surface area contributed by atoms with Gasteiger partial charge >= 0.3 is 0 Å². The number of hydrazine groups is 1. The number of nitro groups is 1. The van der Waals surface area contributed by atoms with Gasteiger partial charge in [0.2, 0.25) is 0 Å². The Morgan fingerprint density at radius 2 is 1.31 bits per heavy atom. The molecule has 1 heterocycles. The van der Waals surface area contributed by atoms with Gasteiger partial charge in [-0.15, -0.1) is 0 Å². The molecule has 0 unspecified atom stereocenters. The third-order valence-electron chi connectivity index (χ3n) is 5.95. The molecule has 0 radical (unpaired) electrons. The third-order valence-corrected chi connectivity index (χ3v) is 7.75. The van der Waals surface area contributed by atoms with E-state index in [0.717, 1.165) is 24.3 Å². The van der Waals surface area contributed by atoms with Crippen molar-refractivity contribution in [1.82, 2.24) is 10.0 Å². The molecule has 0 N–H and O–H groups in total. The van der Waals surface area contributed by atoms with Crippen molar-refractivity contribution in [1.29, 1.82) is 0 Å². The number of hydrogen-bond donors (Lipinski definition) is 0. The molecule has 0 aromatic heterocycles. The normalized spacial score (nSPS) is 13.2. The number of benzene rings is 3. The molecule has 1 atom stereocenters. The summed E-state index contributed by atoms with van der Waals surface area (Å²) in [4.78, 5) is 64.8. The second kappa shape index (κ2) is 10.8. The minimum Gasteiger partial charge on any atom is -0.497 e. The van der Waals surface area contributed by atoms with Gasteiger partial charge < -0.3 is 4.74 Å². The van der Waals surface area contributed by atoms with Crippen LogP contribution in [0.2, 0.25) is 20.1 Å². The van der Waals surface area contributed by atoms with Crippen LogP contribution < -0.4 is 4.74 Å². The van der Waals surface area contributed by atoms with E-state index in [1.807, 2.05) is 0 Å². The van der Waals surface area contributed by atoms with Gasteiger partial charge in [0.25, 0.3) is 23.4 Å². The summed E-state index contributed by atoms with van der Waals surface area (Å²) < 4.78 is 5.10. The van der Waals surface area contributed by atoms with Crippen LogP contribution in [0, 0.1) is 10.1 Å². The molecule has 3 aromatic carbocycles. The number of rotatable bonds is 7. The molecule has 0 saturated carbocycles. The highest BCUT2D eigenvalue weighted by Crippen LogP contribution is 2.45. The summed E-state index contributed by atoms with van der Waals surface area (Å²) in [6, 6.07) is 8.89. The van der Waals surface area contributed by atoms with E-state index in [-0.39, 0.29) is 36.9 Å². The first-order chi connectivity index (χ1) is 18.4. The van der Waals surface area contributed by atoms with Crippen molar-refractivity contribution in [2.75, 3.05) is 7.11 Å². The first-order valence-corrected chi connectivity index (χ1v) is 12.4. The van der Waals surface area contributed by atoms with Crippen molar-refractivity contribution in [2.45, 2.75) is 13.0 Å². The minimum absolute atomic E-state index is 0.142. The number of nitro benzene ring substituents is 1. The van der Waals surface area contributed by atoms with Crippen LogP contribution in [0.5, 0.6) is 5.75 Å². The number of ether oxygens (including phenoxy) is 1. The topological polar surface area (TPSA) is 127 Å². The molecule has 0 fully saturated rings. The number of amides is 3. The molecule has 200 valence electrons. The predicted octanol–water partition coefficient (Wildman–Crippen LogP) is 6.14. The van der Waals surface area contributed by atoms with Crippen molar-refractivity contribution in [2.24, 2.45) is 0 Å². The molecule has 3 amide bonds. The van der Waals surface area contributed by atoms with Gasteiger partial charge in [-0.05, 0) is 43.3 Å². The fourth-order valence-corrected chi connectivity index (χ4v) is 4.95. The van der Waals surface area contributed by atoms with E-state index >= 15 is 0 Å². The Morgan fingerprint density at radius 3 is 1.74 bits per heavy atom. The molecular formula is C25H15Cl4N3O7. The van der Waals surface area contributed by atoms with Crippen LogP contribution in [0.3, 0.4) is 0 Å². The maximum atomic E-state index is 13.8. The molecule has 0 saturated heterocycles. The van der Waals surface area contributed by atoms with Crippen LogP contribution in [-0.2, 0) is 0 Å². The van der Waals surface area contributed by atoms with Gasteiger partial charge in [-0.2, -0.15) is 5.01 Å². The Kier molecular flexibility index (Phi) is 7.85. The highest BCUT2D eigenvalue weighted by molar-refractivity contribution is 6.55. The number of Topliss-reactive ketones (excluding diaryl/α,β-unsaturated/α-hetero) is 1. The molecule has 39 heavy (non-hydrogen) atoms. The number of carbonyl (C=O) groups excluding carboxylic acids is 4. The molecule has 0 bridgehead atoms. The Balaban J connectivity index is 1.85. The van der Waals surface area contributed by atoms with Crippen LogP contribution in [0.25, 0.3) is 0 Å². The zero-order chi connectivity index (χ0) is 28.8. The predicted molar refractivity (Wildman–Crippen MR) is 143 cm³/mol. The van der Waals surface area contributed by atoms with Crippen molar-refractivity contribution >= 4 is 75.6 Å². The van der Waals surface area contributed by atoms with E-state index in [9.17, 15) is 29.3 Å². The Bertz CT molecular complexity index is 1510. The van der Waals surface area contributed by atoms with Crippen LogP contribution in [0.1, 0.15) is 48.4 Å². The van der Waals surface area contributed by atoms with Gasteiger partial charge in [0.05, 0.1) is 43.3 Å². The molecule has 4 rings (SSSR count). The highest BCUT2D eigenvalue weighted by Gasteiger charge is 2.48. The lowest BCUT2D eigenvalue weighted by Crippen LogP contribution is -2.56. The first-order valence-electron chi connectivity index (χ1n) is 10.9. The molecule has 3 aromatic rings. The van der Waals surface area contributed by atoms with E-state index in [4.69, 9.17) is 51.1 Å². The van der Waals surface area contributed by atoms with Gasteiger partial charge in [-0.25, -0.2) is 5.01 Å². The second-order valence-corrected chi connectivity index (χ2v) is 9.66. The van der Waals surface area contributed by atoms with E-state index in [2.05, 4.69) is 0 Å². The number of fused-ring (bicyclic) bond motifs is 1. The fraction of sp³-hybridized carbons (Fsp3) is 0.120. The smallest absolute Gasteiger partial charge is 0.282 e. The monoisotopic (exact) mass is 609 g/mol. The van der Waals surface area contributed by atoms with E-state index in [1.165, 1.54) is 38.3 Å². The number of non-ortho nitro benzene ring substituents is 1. The number of imide groups is 1. The van der Waals surface area contributed by atoms with Crippen molar-refractivity contribution in [3.63, 3.8) is 0 Å². The molecule has 1 aliphatic rings. The van der Waals surface area contributed by atoms with Gasteiger partial charge in [-0.1, -0.05) is 46.4 Å². The standard InChI is InChI=1S/C25H15Cl4N3O7/c1-11(22(33)12-5-9-15(39-2)10-6-12)30(23(34)13-3-7-14(8-4-13)32(37)38)31-24(35)16-17(25(31)36)19(27)21(29)20(28)18(16)26/h3-11H,1-2H3/t11-/m1/s1. The zero-order valence-electron chi connectivity index (χ0n) is 19.9. The van der Waals surface area contributed by atoms with Gasteiger partial charge in [-0.3, -0.25) is 29.3 Å². The number of methoxy groups -OCH3 is 1. The van der Waals surface area contributed by atoms with Gasteiger partial charge in [0.1, 0.15) is 11.8 Å². The summed E-state index contributed by atoms with van der Waals surface area (Å²) in [6.45, 7) is 1.31. The largest absolute Gasteiger partial charge is 0.497 e. The summed E-state index contributed by atoms with van der Waals surface area (Å²) in [5, 5.41) is 10.9. The summed E-state index contributed by atoms with van der Waals surface area (Å²) in [5.41, 5.74) is -1.11. The van der Waals surface area contributed by atoms with Crippen molar-refractivity contribution < 1.29 is 28.8 Å². The maximum absolute atomic E-state index is 13.8. The summed E-state index contributed by atoms with van der Waals surface area (Å²) in [5.74, 6) is -3.32. The van der Waals surface area contributed by atoms with Crippen LogP contribution >= 0.6 is 46.4 Å². The molecule has 0 spiro atoms. The minimum atomic E-state index is -1.44. The van der Waals surface area contributed by atoms with Crippen molar-refractivity contribution in [3.8, 4) is 5.75 Å². The lowest BCUT2D eigenvalue weighted by atomic mass is 10.0. The summed E-state index contributed by atoms with van der Waals surface area (Å²) in [6.07, 6.45) is 0. The van der Waals surface area contributed by atoms with Crippen LogP contribution in [0.4, 0.5) is 5.69 Å². The van der Waals surface area contributed by atoms with Gasteiger partial charge in [0, 0.05) is 23.3 Å². The number of ketones is 1. The molecule has 10 nitrogen and oxygen atoms in total. The number of halogens is 4. The molecule has 1 aliphatic heterocycles. The van der Waals surface area contributed by atoms with Crippen molar-refractivity contribution in [3.05, 3.63) is 101 Å². The van der Waals surface area contributed by atoms with E-state index in [0.29, 0.717) is 15.8 Å². The lowest BCUT2D eigenvalue weighted by Gasteiger charge is -2.34. The highest BCUT2D eigenvalue weighted by atomic mass is 35.5. The van der Waals surface area contributed by atoms with Crippen LogP contribution in [0.15, 0.2) is 48.5 Å². The third kappa shape index (κ3) is 4.80. The van der Waals surface area contributed by atoms with E-state index < -0.39 is 45.6 Å². The zero-order valence-corrected chi connectivity index (χ0v) is 22.9. The average molecular weight is 611 g/mol. The second-order valence-electron chi connectivity index (χ2n) is 8.15. The Hall–Kier alpha value is -3.70. The lowest BCUT2D eigenvalue weighted by molar-refractivity contribution is -0.384.